The van der Waals surface area contributed by atoms with Gasteiger partial charge in [0.1, 0.15) is 11.5 Å². The van der Waals surface area contributed by atoms with Crippen LogP contribution in [-0.2, 0) is 6.42 Å². The maximum atomic E-state index is 5.92. The van der Waals surface area contributed by atoms with Gasteiger partial charge in [0.15, 0.2) is 0 Å². The van der Waals surface area contributed by atoms with Gasteiger partial charge in [-0.3, -0.25) is 0 Å². The van der Waals surface area contributed by atoms with Gasteiger partial charge in [0.2, 0.25) is 0 Å². The molecule has 2 aromatic carbocycles. The largest absolute Gasteiger partial charge is 0.465 e. The van der Waals surface area contributed by atoms with Crippen molar-refractivity contribution >= 4 is 11.6 Å². The first-order valence-corrected chi connectivity index (χ1v) is 6.99. The predicted molar refractivity (Wildman–Crippen MR) is 83.1 cm³/mol. The molecular formula is C18H15ClO. The highest BCUT2D eigenvalue weighted by molar-refractivity contribution is 6.30. The van der Waals surface area contributed by atoms with Crippen molar-refractivity contribution in [3.05, 3.63) is 82.8 Å². The van der Waals surface area contributed by atoms with Gasteiger partial charge in [0.25, 0.3) is 0 Å². The summed E-state index contributed by atoms with van der Waals surface area (Å²) in [6.07, 6.45) is 0.773. The fourth-order valence-corrected chi connectivity index (χ4v) is 2.47. The van der Waals surface area contributed by atoms with Crippen molar-refractivity contribution in [3.8, 4) is 11.1 Å². The van der Waals surface area contributed by atoms with Crippen LogP contribution in [0.25, 0.3) is 11.1 Å². The number of hydrogen-bond acceptors (Lipinski definition) is 1. The minimum absolute atomic E-state index is 0.757. The van der Waals surface area contributed by atoms with Gasteiger partial charge in [0.05, 0.1) is 0 Å². The molecule has 0 aliphatic carbocycles. The zero-order valence-corrected chi connectivity index (χ0v) is 12.0. The Morgan fingerprint density at radius 3 is 2.35 bits per heavy atom. The Hall–Kier alpha value is -1.99. The average molecular weight is 283 g/mol. The van der Waals surface area contributed by atoms with E-state index in [0.29, 0.717) is 0 Å². The molecule has 100 valence electrons. The van der Waals surface area contributed by atoms with Crippen LogP contribution in [0.3, 0.4) is 0 Å². The monoisotopic (exact) mass is 282 g/mol. The number of hydrogen-bond donors (Lipinski definition) is 0. The maximum absolute atomic E-state index is 5.92. The van der Waals surface area contributed by atoms with E-state index in [-0.39, 0.29) is 0 Å². The molecule has 0 aliphatic rings. The normalized spacial score (nSPS) is 10.7. The lowest BCUT2D eigenvalue weighted by molar-refractivity contribution is 0.494. The van der Waals surface area contributed by atoms with Crippen LogP contribution in [0, 0.1) is 6.92 Å². The summed E-state index contributed by atoms with van der Waals surface area (Å²) < 4.78 is 5.87. The fraction of sp³-hybridized carbons (Fsp3) is 0.111. The van der Waals surface area contributed by atoms with E-state index in [4.69, 9.17) is 16.0 Å². The lowest BCUT2D eigenvalue weighted by atomic mass is 10.0. The predicted octanol–water partition coefficient (Wildman–Crippen LogP) is 5.50. The molecule has 0 spiro atoms. The zero-order valence-electron chi connectivity index (χ0n) is 11.3. The Bertz CT molecular complexity index is 696. The lowest BCUT2D eigenvalue weighted by Crippen LogP contribution is -1.88. The molecule has 0 radical (unpaired) electrons. The van der Waals surface area contributed by atoms with Crippen molar-refractivity contribution in [1.82, 2.24) is 0 Å². The molecule has 0 fully saturated rings. The Kier molecular flexibility index (Phi) is 3.62. The highest BCUT2D eigenvalue weighted by Gasteiger charge is 2.11. The third-order valence-electron chi connectivity index (χ3n) is 3.29. The van der Waals surface area contributed by atoms with Crippen molar-refractivity contribution < 1.29 is 4.42 Å². The van der Waals surface area contributed by atoms with Crippen LogP contribution in [0.15, 0.2) is 65.1 Å². The Balaban J connectivity index is 1.96. The van der Waals surface area contributed by atoms with Crippen LogP contribution in [0.4, 0.5) is 0 Å². The fourth-order valence-electron chi connectivity index (χ4n) is 2.34. The van der Waals surface area contributed by atoms with Gasteiger partial charge in [-0.15, -0.1) is 0 Å². The van der Waals surface area contributed by atoms with E-state index in [0.717, 1.165) is 28.5 Å². The first-order chi connectivity index (χ1) is 9.72. The van der Waals surface area contributed by atoms with Gasteiger partial charge in [-0.1, -0.05) is 54.1 Å². The van der Waals surface area contributed by atoms with E-state index in [2.05, 4.69) is 18.2 Å². The van der Waals surface area contributed by atoms with Gasteiger partial charge in [-0.2, -0.15) is 0 Å². The molecule has 0 saturated heterocycles. The van der Waals surface area contributed by atoms with Crippen LogP contribution >= 0.6 is 11.6 Å². The minimum atomic E-state index is 0.757. The Morgan fingerprint density at radius 1 is 0.950 bits per heavy atom. The maximum Gasteiger partial charge on any atom is 0.116 e. The van der Waals surface area contributed by atoms with Crippen LogP contribution in [0.2, 0.25) is 5.02 Å². The van der Waals surface area contributed by atoms with E-state index >= 15 is 0 Å². The average Bonchev–Trinajstić information content (AvgIpc) is 2.83. The summed E-state index contributed by atoms with van der Waals surface area (Å²) in [6, 6.07) is 20.3. The SMILES string of the molecule is Cc1cc(-c2ccccc2)c(Cc2ccc(Cl)cc2)o1. The van der Waals surface area contributed by atoms with Gasteiger partial charge in [0, 0.05) is 17.0 Å². The van der Waals surface area contributed by atoms with Crippen molar-refractivity contribution in [1.29, 1.82) is 0 Å². The van der Waals surface area contributed by atoms with E-state index in [1.54, 1.807) is 0 Å². The zero-order chi connectivity index (χ0) is 13.9. The van der Waals surface area contributed by atoms with E-state index in [9.17, 15) is 0 Å². The van der Waals surface area contributed by atoms with Gasteiger partial charge in [-0.25, -0.2) is 0 Å². The van der Waals surface area contributed by atoms with Crippen LogP contribution < -0.4 is 0 Å². The number of furan rings is 1. The summed E-state index contributed by atoms with van der Waals surface area (Å²) in [5, 5.41) is 0.757. The first kappa shape index (κ1) is 13.0. The van der Waals surface area contributed by atoms with Crippen LogP contribution in [-0.4, -0.2) is 0 Å². The molecule has 0 saturated carbocycles. The van der Waals surface area contributed by atoms with Crippen molar-refractivity contribution in [2.75, 3.05) is 0 Å². The van der Waals surface area contributed by atoms with Crippen LogP contribution in [0.5, 0.6) is 0 Å². The molecule has 0 amide bonds. The molecule has 1 heterocycles. The molecule has 3 rings (SSSR count). The minimum Gasteiger partial charge on any atom is -0.465 e. The van der Waals surface area contributed by atoms with Gasteiger partial charge >= 0.3 is 0 Å². The summed E-state index contributed by atoms with van der Waals surface area (Å²) in [7, 11) is 0. The summed E-state index contributed by atoms with van der Waals surface area (Å²) in [5.41, 5.74) is 3.55. The quantitative estimate of drug-likeness (QED) is 0.618. The van der Waals surface area contributed by atoms with Crippen molar-refractivity contribution in [2.24, 2.45) is 0 Å². The number of benzene rings is 2. The summed E-state index contributed by atoms with van der Waals surface area (Å²) in [6.45, 7) is 1.98. The summed E-state index contributed by atoms with van der Waals surface area (Å²) in [4.78, 5) is 0. The van der Waals surface area contributed by atoms with E-state index < -0.39 is 0 Å². The third kappa shape index (κ3) is 2.78. The molecule has 0 unspecified atom stereocenters. The molecule has 0 atom stereocenters. The number of halogens is 1. The standard InChI is InChI=1S/C18H15ClO/c1-13-11-17(15-5-3-2-4-6-15)18(20-13)12-14-7-9-16(19)10-8-14/h2-11H,12H2,1H3. The molecule has 0 aliphatic heterocycles. The number of rotatable bonds is 3. The summed E-state index contributed by atoms with van der Waals surface area (Å²) >= 11 is 5.92. The molecule has 0 bridgehead atoms. The smallest absolute Gasteiger partial charge is 0.116 e. The summed E-state index contributed by atoms with van der Waals surface area (Å²) in [5.74, 6) is 1.93. The molecule has 1 nitrogen and oxygen atoms in total. The Morgan fingerprint density at radius 2 is 1.65 bits per heavy atom. The van der Waals surface area contributed by atoms with Gasteiger partial charge in [-0.05, 0) is 36.2 Å². The van der Waals surface area contributed by atoms with E-state index in [1.165, 1.54) is 11.1 Å². The number of aryl methyl sites for hydroxylation is 1. The second-order valence-electron chi connectivity index (χ2n) is 4.86. The molecule has 0 N–H and O–H groups in total. The molecule has 1 aromatic heterocycles. The molecule has 20 heavy (non-hydrogen) atoms. The second-order valence-corrected chi connectivity index (χ2v) is 5.30. The first-order valence-electron chi connectivity index (χ1n) is 6.61. The van der Waals surface area contributed by atoms with E-state index in [1.807, 2.05) is 49.4 Å². The van der Waals surface area contributed by atoms with Crippen molar-refractivity contribution in [2.45, 2.75) is 13.3 Å². The topological polar surface area (TPSA) is 13.1 Å². The van der Waals surface area contributed by atoms with Crippen LogP contribution in [0.1, 0.15) is 17.1 Å². The Labute approximate surface area is 123 Å². The highest BCUT2D eigenvalue weighted by Crippen LogP contribution is 2.29. The lowest BCUT2D eigenvalue weighted by Gasteiger charge is -2.03. The molecule has 3 aromatic rings. The molecular weight excluding hydrogens is 268 g/mol. The highest BCUT2D eigenvalue weighted by atomic mass is 35.5. The molecule has 2 heteroatoms. The van der Waals surface area contributed by atoms with Crippen molar-refractivity contribution in [3.63, 3.8) is 0 Å². The third-order valence-corrected chi connectivity index (χ3v) is 3.55. The second kappa shape index (κ2) is 5.56. The van der Waals surface area contributed by atoms with Gasteiger partial charge < -0.3 is 4.42 Å².